The third-order valence-corrected chi connectivity index (χ3v) is 11.1. The fourth-order valence-corrected chi connectivity index (χ4v) is 8.52. The van der Waals surface area contributed by atoms with Crippen LogP contribution < -0.4 is 5.84 Å². The van der Waals surface area contributed by atoms with E-state index in [1.807, 2.05) is 0 Å². The molecule has 1 saturated carbocycles. The van der Waals surface area contributed by atoms with Crippen LogP contribution in [0.1, 0.15) is 75.9 Å². The summed E-state index contributed by atoms with van der Waals surface area (Å²) in [5.74, 6) is 3.29. The molecule has 16 heteroatoms. The quantitative estimate of drug-likeness (QED) is 0.0649. The Balaban J connectivity index is 1.36. The van der Waals surface area contributed by atoms with Crippen molar-refractivity contribution in [3.63, 3.8) is 0 Å². The normalized spacial score (nSPS) is 28.0. The predicted octanol–water partition coefficient (Wildman–Crippen LogP) is 2.06. The molecule has 1 aromatic heterocycles. The second-order valence-electron chi connectivity index (χ2n) is 11.6. The molecule has 0 bridgehead atoms. The molecular weight excluding hydrogens is 595 g/mol. The number of aryl methyl sites for hydroxylation is 1. The Hall–Kier alpha value is -2.98. The Morgan fingerprint density at radius 2 is 2.00 bits per heavy atom. The van der Waals surface area contributed by atoms with Crippen LogP contribution in [-0.4, -0.2) is 98.0 Å². The van der Waals surface area contributed by atoms with E-state index in [4.69, 9.17) is 18.7 Å². The monoisotopic (exact) mass is 630 g/mol. The second-order valence-corrected chi connectivity index (χ2v) is 14.0. The number of ketones is 2. The number of carbonyl (C=O) groups is 5. The number of rotatable bonds is 13. The highest BCUT2D eigenvalue weighted by molar-refractivity contribution is 8.02. The molecule has 13 nitrogen and oxygen atoms in total. The van der Waals surface area contributed by atoms with Gasteiger partial charge in [0.05, 0.1) is 35.4 Å². The van der Waals surface area contributed by atoms with Gasteiger partial charge in [0.2, 0.25) is 10.8 Å². The number of urea groups is 1. The molecule has 2 radical (unpaired) electrons. The molecule has 0 aromatic carbocycles. The number of nitrogens with two attached hydrogens (primary N) is 1. The van der Waals surface area contributed by atoms with Crippen LogP contribution in [0, 0.1) is 12.8 Å². The number of nitrogens with zero attached hydrogens (tertiary/aromatic N) is 5. The summed E-state index contributed by atoms with van der Waals surface area (Å²) in [6.07, 6.45) is 4.74. The van der Waals surface area contributed by atoms with E-state index in [0.29, 0.717) is 30.0 Å². The summed E-state index contributed by atoms with van der Waals surface area (Å²) >= 11 is 2.39. The largest absolute Gasteiger partial charge is 0.541 e. The summed E-state index contributed by atoms with van der Waals surface area (Å²) in [6.45, 7) is 5.62. The van der Waals surface area contributed by atoms with Gasteiger partial charge in [0.25, 0.3) is 0 Å². The highest BCUT2D eigenvalue weighted by Gasteiger charge is 2.67. The number of unbranched alkanes of at least 4 members (excludes halogenated alkanes) is 2. The molecule has 2 N–H and O–H groups in total. The summed E-state index contributed by atoms with van der Waals surface area (Å²) in [5.41, 5.74) is -0.795. The lowest BCUT2D eigenvalue weighted by molar-refractivity contribution is -0.158. The lowest BCUT2D eigenvalue weighted by Gasteiger charge is -2.41. The van der Waals surface area contributed by atoms with Gasteiger partial charge in [-0.05, 0) is 39.5 Å². The number of thioether (sulfide) groups is 1. The first kappa shape index (κ1) is 31.4. The molecule has 3 aliphatic heterocycles. The van der Waals surface area contributed by atoms with Crippen LogP contribution in [0.3, 0.4) is 0 Å². The lowest BCUT2D eigenvalue weighted by Crippen LogP contribution is -2.61. The zero-order valence-electron chi connectivity index (χ0n) is 24.4. The number of oxime groups is 1. The fraction of sp³-hybridized carbons (Fsp3) is 0.667. The first-order valence-electron chi connectivity index (χ1n) is 14.5. The zero-order valence-corrected chi connectivity index (χ0v) is 26.1. The highest BCUT2D eigenvalue weighted by atomic mass is 32.2. The Morgan fingerprint density at radius 3 is 2.56 bits per heavy atom. The first-order chi connectivity index (χ1) is 20.5. The summed E-state index contributed by atoms with van der Waals surface area (Å²) in [7, 11) is 5.27. The minimum Gasteiger partial charge on any atom is -0.541 e. The van der Waals surface area contributed by atoms with Crippen LogP contribution in [0.25, 0.3) is 0 Å². The molecule has 5 rings (SSSR count). The SMILES string of the molecule is [B]OC(=O)[C@@]1(N2C(=O)N(N)C[C@H]2C)CN2C(=O)[C@@H](CC(=O)/C(=N\OC3(C(=O)CCCCC)CCC3)c3csc(C)n3)[C@H]2S1. The fourth-order valence-electron chi connectivity index (χ4n) is 6.11. The van der Waals surface area contributed by atoms with Crippen LogP contribution in [0.2, 0.25) is 0 Å². The van der Waals surface area contributed by atoms with Crippen molar-refractivity contribution in [2.45, 2.75) is 94.0 Å². The summed E-state index contributed by atoms with van der Waals surface area (Å²) in [5, 5.41) is 7.03. The topological polar surface area (TPSA) is 165 Å². The molecule has 1 aliphatic carbocycles. The third-order valence-electron chi connectivity index (χ3n) is 8.64. The number of hydrogen-bond acceptors (Lipinski definition) is 12. The van der Waals surface area contributed by atoms with Crippen molar-refractivity contribution in [2.75, 3.05) is 13.1 Å². The summed E-state index contributed by atoms with van der Waals surface area (Å²) in [6, 6.07) is -1.04. The van der Waals surface area contributed by atoms with E-state index in [1.54, 1.807) is 19.2 Å². The van der Waals surface area contributed by atoms with E-state index >= 15 is 0 Å². The molecule has 4 aliphatic rings. The average molecular weight is 631 g/mol. The molecule has 43 heavy (non-hydrogen) atoms. The van der Waals surface area contributed by atoms with Crippen molar-refractivity contribution >= 4 is 66.3 Å². The standard InChI is InChI=1S/C27H35BN6O7S2/c1-4-5-6-8-20(36)26(9-7-10-26)41-31-21(18-13-42-16(3)30-18)19(35)11-17-22(37)32-14-27(24(38)40-28,43-23(17)32)34-15(2)12-33(29)25(34)39/h13,15,17,23H,4-12,14,29H2,1-3H3/b31-21-/t15-,17-,23-,27-/m1/s1. The number of β-lactam (4-membered cyclic amide) rings is 1. The van der Waals surface area contributed by atoms with Gasteiger partial charge in [-0.15, -0.1) is 11.3 Å². The Kier molecular flexibility index (Phi) is 8.92. The first-order valence-corrected chi connectivity index (χ1v) is 16.2. The number of thiazole rings is 1. The molecule has 3 saturated heterocycles. The molecule has 0 spiro atoms. The smallest absolute Gasteiger partial charge is 0.378 e. The number of Topliss-reactive ketones (excluding diaryl/α,β-unsaturated/α-hetero) is 2. The van der Waals surface area contributed by atoms with E-state index in [2.05, 4.69) is 21.7 Å². The van der Waals surface area contributed by atoms with Gasteiger partial charge >= 0.3 is 20.0 Å². The zero-order chi connectivity index (χ0) is 31.1. The van der Waals surface area contributed by atoms with Gasteiger partial charge in [0.1, 0.15) is 5.69 Å². The van der Waals surface area contributed by atoms with Crippen LogP contribution >= 0.6 is 23.1 Å². The van der Waals surface area contributed by atoms with E-state index in [9.17, 15) is 24.0 Å². The van der Waals surface area contributed by atoms with Crippen molar-refractivity contribution in [2.24, 2.45) is 16.9 Å². The summed E-state index contributed by atoms with van der Waals surface area (Å²) in [4.78, 5) is 77.4. The van der Waals surface area contributed by atoms with Gasteiger partial charge in [-0.1, -0.05) is 36.7 Å². The molecular formula is C27H35BN6O7S2. The van der Waals surface area contributed by atoms with Gasteiger partial charge in [-0.3, -0.25) is 29.1 Å². The molecule has 4 heterocycles. The van der Waals surface area contributed by atoms with Gasteiger partial charge < -0.3 is 14.4 Å². The maximum Gasteiger partial charge on any atom is 0.378 e. The minimum atomic E-state index is -1.61. The third kappa shape index (κ3) is 5.46. The van der Waals surface area contributed by atoms with Crippen LogP contribution in [0.5, 0.6) is 0 Å². The van der Waals surface area contributed by atoms with Gasteiger partial charge in [0.15, 0.2) is 22.9 Å². The van der Waals surface area contributed by atoms with Crippen LogP contribution in [0.15, 0.2) is 10.5 Å². The van der Waals surface area contributed by atoms with Gasteiger partial charge in [0, 0.05) is 18.2 Å². The van der Waals surface area contributed by atoms with E-state index in [0.717, 1.165) is 42.5 Å². The number of hydrazine groups is 1. The van der Waals surface area contributed by atoms with Gasteiger partial charge in [-0.25, -0.2) is 15.6 Å². The van der Waals surface area contributed by atoms with Crippen molar-refractivity contribution in [1.29, 1.82) is 0 Å². The van der Waals surface area contributed by atoms with Crippen molar-refractivity contribution in [3.8, 4) is 0 Å². The Bertz CT molecular complexity index is 1350. The minimum absolute atomic E-state index is 0.0192. The highest BCUT2D eigenvalue weighted by Crippen LogP contribution is 2.53. The molecule has 1 aromatic rings. The second kappa shape index (κ2) is 12.2. The molecule has 4 atom stereocenters. The lowest BCUT2D eigenvalue weighted by atomic mass is 9.75. The van der Waals surface area contributed by atoms with E-state index in [-0.39, 0.29) is 36.9 Å². The number of carbonyl (C=O) groups excluding carboxylic acids is 5. The van der Waals surface area contributed by atoms with Crippen molar-refractivity contribution in [3.05, 3.63) is 16.1 Å². The maximum atomic E-state index is 13.7. The number of fused-ring (bicyclic) bond motifs is 1. The van der Waals surface area contributed by atoms with Crippen molar-refractivity contribution < 1.29 is 33.5 Å². The van der Waals surface area contributed by atoms with Crippen LogP contribution in [0.4, 0.5) is 4.79 Å². The van der Waals surface area contributed by atoms with E-state index in [1.165, 1.54) is 21.1 Å². The summed E-state index contributed by atoms with van der Waals surface area (Å²) < 4.78 is 4.60. The maximum absolute atomic E-state index is 13.7. The average Bonchev–Trinajstić information content (AvgIpc) is 3.62. The van der Waals surface area contributed by atoms with Crippen LogP contribution in [-0.2, 0) is 28.7 Å². The Morgan fingerprint density at radius 1 is 1.26 bits per heavy atom. The number of amides is 3. The molecule has 4 fully saturated rings. The van der Waals surface area contributed by atoms with Crippen molar-refractivity contribution in [1.82, 2.24) is 19.8 Å². The molecule has 3 amide bonds. The number of hydrogen-bond donors (Lipinski definition) is 1. The number of aromatic nitrogens is 1. The predicted molar refractivity (Wildman–Crippen MR) is 159 cm³/mol. The molecule has 230 valence electrons. The Labute approximate surface area is 259 Å². The van der Waals surface area contributed by atoms with E-state index < -0.39 is 45.6 Å². The molecule has 0 unspecified atom stereocenters. The van der Waals surface area contributed by atoms with Gasteiger partial charge in [-0.2, -0.15) is 0 Å².